The van der Waals surface area contributed by atoms with Gasteiger partial charge in [0.1, 0.15) is 12.0 Å². The molecule has 1 rings (SSSR count). The van der Waals surface area contributed by atoms with Crippen LogP contribution in [0.4, 0.5) is 13.2 Å². The zero-order valence-corrected chi connectivity index (χ0v) is 8.84. The third-order valence-electron chi connectivity index (χ3n) is 2.50. The van der Waals surface area contributed by atoms with Gasteiger partial charge >= 0.3 is 12.1 Å². The van der Waals surface area contributed by atoms with E-state index in [2.05, 4.69) is 0 Å². The molecular formula is C9H12F3NO4. The molecule has 0 aromatic carbocycles. The van der Waals surface area contributed by atoms with Crippen LogP contribution in [0.1, 0.15) is 19.3 Å². The zero-order chi connectivity index (χ0) is 13.1. The molecule has 0 saturated carbocycles. The fourth-order valence-corrected chi connectivity index (χ4v) is 1.61. The highest BCUT2D eigenvalue weighted by atomic mass is 19.4. The van der Waals surface area contributed by atoms with Gasteiger partial charge in [0.15, 0.2) is 0 Å². The van der Waals surface area contributed by atoms with E-state index in [1.54, 1.807) is 0 Å². The molecule has 0 aromatic heterocycles. The lowest BCUT2D eigenvalue weighted by molar-refractivity contribution is -0.162. The third-order valence-corrected chi connectivity index (χ3v) is 2.50. The van der Waals surface area contributed by atoms with Crippen LogP contribution in [-0.4, -0.2) is 41.9 Å². The average Bonchev–Trinajstić information content (AvgIpc) is 2.15. The van der Waals surface area contributed by atoms with Gasteiger partial charge in [-0.3, -0.25) is 4.79 Å². The van der Waals surface area contributed by atoms with E-state index in [0.717, 1.165) is 0 Å². The molecule has 2 N–H and O–H groups in total. The molecule has 0 unspecified atom stereocenters. The number of nitrogens with one attached hydrogen (secondary N) is 1. The molecule has 0 bridgehead atoms. The van der Waals surface area contributed by atoms with Crippen LogP contribution in [0.3, 0.4) is 0 Å². The minimum Gasteiger partial charge on any atom is -0.480 e. The molecule has 5 nitrogen and oxygen atoms in total. The molecule has 0 aliphatic carbocycles. The van der Waals surface area contributed by atoms with Crippen LogP contribution in [0.2, 0.25) is 0 Å². The lowest BCUT2D eigenvalue weighted by atomic mass is 9.90. The first-order valence-corrected chi connectivity index (χ1v) is 4.94. The molecule has 1 saturated heterocycles. The molecule has 0 atom stereocenters. The van der Waals surface area contributed by atoms with E-state index < -0.39 is 30.0 Å². The molecule has 1 fully saturated rings. The van der Waals surface area contributed by atoms with Crippen molar-refractivity contribution >= 4 is 11.9 Å². The monoisotopic (exact) mass is 255 g/mol. The molecule has 1 heterocycles. The van der Waals surface area contributed by atoms with Gasteiger partial charge in [0.2, 0.25) is 5.91 Å². The van der Waals surface area contributed by atoms with Gasteiger partial charge in [-0.05, 0) is 0 Å². The molecule has 0 aromatic rings. The van der Waals surface area contributed by atoms with Gasteiger partial charge in [-0.1, -0.05) is 0 Å². The first kappa shape index (κ1) is 13.8. The fourth-order valence-electron chi connectivity index (χ4n) is 1.61. The summed E-state index contributed by atoms with van der Waals surface area (Å²) >= 11 is 0. The minimum absolute atomic E-state index is 0.0358. The van der Waals surface area contributed by atoms with Crippen LogP contribution >= 0.6 is 0 Å². The van der Waals surface area contributed by atoms with Crippen molar-refractivity contribution in [2.75, 3.05) is 13.2 Å². The standard InChI is InChI=1S/C9H12F3NO4/c10-9(11,12)5-6(14)13-8(7(15)16)1-3-17-4-2-8/h1-5H2,(H,13,14)(H,15,16). The van der Waals surface area contributed by atoms with Crippen molar-refractivity contribution in [3.63, 3.8) is 0 Å². The molecule has 98 valence electrons. The number of alkyl halides is 3. The third kappa shape index (κ3) is 3.88. The lowest BCUT2D eigenvalue weighted by Gasteiger charge is -2.33. The summed E-state index contributed by atoms with van der Waals surface area (Å²) in [6.07, 6.45) is -6.39. The van der Waals surface area contributed by atoms with Crippen LogP contribution < -0.4 is 5.32 Å². The van der Waals surface area contributed by atoms with Gasteiger partial charge < -0.3 is 15.2 Å². The second-order valence-corrected chi connectivity index (χ2v) is 3.84. The largest absolute Gasteiger partial charge is 0.480 e. The Bertz CT molecular complexity index is 310. The summed E-state index contributed by atoms with van der Waals surface area (Å²) < 4.78 is 40.8. The van der Waals surface area contributed by atoms with Crippen LogP contribution in [0.5, 0.6) is 0 Å². The summed E-state index contributed by atoms with van der Waals surface area (Å²) in [6.45, 7) is 0.192. The average molecular weight is 255 g/mol. The van der Waals surface area contributed by atoms with Gasteiger partial charge in [0.05, 0.1) is 0 Å². The highest BCUT2D eigenvalue weighted by Gasteiger charge is 2.43. The SMILES string of the molecule is O=C(CC(F)(F)F)NC1(C(=O)O)CCOCC1. The number of hydrogen-bond acceptors (Lipinski definition) is 3. The van der Waals surface area contributed by atoms with E-state index in [1.807, 2.05) is 5.32 Å². The summed E-state index contributed by atoms with van der Waals surface area (Å²) in [5.41, 5.74) is -1.64. The van der Waals surface area contributed by atoms with E-state index in [4.69, 9.17) is 9.84 Å². The molecule has 17 heavy (non-hydrogen) atoms. The summed E-state index contributed by atoms with van der Waals surface area (Å²) in [5, 5.41) is 10.9. The molecule has 8 heteroatoms. The number of carboxylic acids is 1. The molecule has 1 aliphatic rings. The van der Waals surface area contributed by atoms with Gasteiger partial charge in [-0.2, -0.15) is 13.2 Å². The number of aliphatic carboxylic acids is 1. The highest BCUT2D eigenvalue weighted by molar-refractivity contribution is 5.87. The van der Waals surface area contributed by atoms with E-state index in [1.165, 1.54) is 0 Å². The minimum atomic E-state index is -4.64. The predicted molar refractivity (Wildman–Crippen MR) is 49.2 cm³/mol. The van der Waals surface area contributed by atoms with Crippen LogP contribution in [0.15, 0.2) is 0 Å². The zero-order valence-electron chi connectivity index (χ0n) is 8.84. The van der Waals surface area contributed by atoms with Crippen molar-refractivity contribution in [2.24, 2.45) is 0 Å². The first-order chi connectivity index (χ1) is 7.75. The van der Waals surface area contributed by atoms with Crippen molar-refractivity contribution in [2.45, 2.75) is 31.0 Å². The maximum atomic E-state index is 12.0. The van der Waals surface area contributed by atoms with Crippen molar-refractivity contribution in [3.8, 4) is 0 Å². The van der Waals surface area contributed by atoms with E-state index in [0.29, 0.717) is 0 Å². The molecular weight excluding hydrogens is 243 g/mol. The van der Waals surface area contributed by atoms with Crippen molar-refractivity contribution in [1.29, 1.82) is 0 Å². The molecule has 1 amide bonds. The Balaban J connectivity index is 2.67. The van der Waals surface area contributed by atoms with Gasteiger partial charge in [-0.25, -0.2) is 4.79 Å². The Morgan fingerprint density at radius 2 is 1.82 bits per heavy atom. The van der Waals surface area contributed by atoms with Crippen molar-refractivity contribution in [1.82, 2.24) is 5.32 Å². The molecule has 0 radical (unpaired) electrons. The van der Waals surface area contributed by atoms with Crippen LogP contribution in [-0.2, 0) is 14.3 Å². The molecule has 0 spiro atoms. The predicted octanol–water partition coefficient (Wildman–Crippen LogP) is 0.689. The van der Waals surface area contributed by atoms with Gasteiger partial charge in [0, 0.05) is 26.1 Å². The van der Waals surface area contributed by atoms with Crippen molar-refractivity contribution < 1.29 is 32.6 Å². The number of rotatable bonds is 3. The lowest BCUT2D eigenvalue weighted by Crippen LogP contribution is -2.57. The number of carbonyl (C=O) groups excluding carboxylic acids is 1. The maximum absolute atomic E-state index is 12.0. The van der Waals surface area contributed by atoms with Crippen molar-refractivity contribution in [3.05, 3.63) is 0 Å². The van der Waals surface area contributed by atoms with E-state index in [-0.39, 0.29) is 26.1 Å². The first-order valence-electron chi connectivity index (χ1n) is 4.94. The Morgan fingerprint density at radius 3 is 2.24 bits per heavy atom. The number of carbonyl (C=O) groups is 2. The number of amides is 1. The van der Waals surface area contributed by atoms with Gasteiger partial charge in [-0.15, -0.1) is 0 Å². The summed E-state index contributed by atoms with van der Waals surface area (Å²) in [6, 6.07) is 0. The number of halogens is 3. The Morgan fingerprint density at radius 1 is 1.29 bits per heavy atom. The highest BCUT2D eigenvalue weighted by Crippen LogP contribution is 2.24. The number of hydrogen-bond donors (Lipinski definition) is 2. The summed E-state index contributed by atoms with van der Waals surface area (Å²) in [7, 11) is 0. The fraction of sp³-hybridized carbons (Fsp3) is 0.778. The molecule has 1 aliphatic heterocycles. The second kappa shape index (κ2) is 4.91. The smallest absolute Gasteiger partial charge is 0.397 e. The second-order valence-electron chi connectivity index (χ2n) is 3.84. The topological polar surface area (TPSA) is 75.6 Å². The normalized spacial score (nSPS) is 19.7. The Labute approximate surface area is 94.9 Å². The number of ether oxygens (including phenoxy) is 1. The summed E-state index contributed by atoms with van der Waals surface area (Å²) in [4.78, 5) is 22.1. The van der Waals surface area contributed by atoms with E-state index in [9.17, 15) is 22.8 Å². The Kier molecular flexibility index (Phi) is 3.97. The quantitative estimate of drug-likeness (QED) is 0.778. The van der Waals surface area contributed by atoms with Crippen LogP contribution in [0, 0.1) is 0 Å². The Hall–Kier alpha value is -1.31. The van der Waals surface area contributed by atoms with Crippen LogP contribution in [0.25, 0.3) is 0 Å². The summed E-state index contributed by atoms with van der Waals surface area (Å²) in [5.74, 6) is -2.67. The number of carboxylic acid groups (broad SMARTS) is 1. The van der Waals surface area contributed by atoms with Gasteiger partial charge in [0.25, 0.3) is 0 Å². The van der Waals surface area contributed by atoms with E-state index >= 15 is 0 Å². The maximum Gasteiger partial charge on any atom is 0.397 e.